The molecule has 9 heteroatoms. The second-order valence-corrected chi connectivity index (χ2v) is 8.87. The normalized spacial score (nSPS) is 10.8. The molecule has 0 spiro atoms. The van der Waals surface area contributed by atoms with Gasteiger partial charge < -0.3 is 19.0 Å². The van der Waals surface area contributed by atoms with Gasteiger partial charge in [-0.3, -0.25) is 4.79 Å². The Morgan fingerprint density at radius 3 is 2.59 bits per heavy atom. The number of ether oxygens (including phenoxy) is 1. The van der Waals surface area contributed by atoms with Crippen molar-refractivity contribution in [1.29, 1.82) is 0 Å². The molecule has 2 aromatic heterocycles. The minimum atomic E-state index is -0.567. The highest BCUT2D eigenvalue weighted by molar-refractivity contribution is 9.09. The summed E-state index contributed by atoms with van der Waals surface area (Å²) < 4.78 is 11.4. The van der Waals surface area contributed by atoms with E-state index in [1.165, 1.54) is 0 Å². The van der Waals surface area contributed by atoms with Crippen LogP contribution >= 0.6 is 15.9 Å². The molecule has 0 aliphatic heterocycles. The number of ketones is 1. The molecule has 34 heavy (non-hydrogen) atoms. The summed E-state index contributed by atoms with van der Waals surface area (Å²) in [6.07, 6.45) is 11.6. The van der Waals surface area contributed by atoms with Crippen LogP contribution in [0.3, 0.4) is 0 Å². The lowest BCUT2D eigenvalue weighted by atomic mass is 10.1. The van der Waals surface area contributed by atoms with Crippen LogP contribution in [0, 0.1) is 12.8 Å². The van der Waals surface area contributed by atoms with Crippen LogP contribution in [0.5, 0.6) is 0 Å². The molecule has 0 fully saturated rings. The van der Waals surface area contributed by atoms with Crippen LogP contribution in [-0.4, -0.2) is 49.2 Å². The van der Waals surface area contributed by atoms with E-state index in [1.54, 1.807) is 35.5 Å². The molecule has 0 radical (unpaired) electrons. The van der Waals surface area contributed by atoms with Gasteiger partial charge >= 0.3 is 6.09 Å². The topological polar surface area (TPSA) is 101 Å². The second-order valence-electron chi connectivity index (χ2n) is 8.31. The van der Waals surface area contributed by atoms with Gasteiger partial charge in [0.2, 0.25) is 5.89 Å². The van der Waals surface area contributed by atoms with Crippen molar-refractivity contribution in [2.24, 2.45) is 0 Å². The summed E-state index contributed by atoms with van der Waals surface area (Å²) in [7, 11) is 0. The molecule has 1 aromatic carbocycles. The second kappa shape index (κ2) is 12.2. The van der Waals surface area contributed by atoms with Crippen LogP contribution in [0.4, 0.5) is 4.79 Å². The van der Waals surface area contributed by atoms with Gasteiger partial charge in [-0.15, -0.1) is 12.8 Å². The third-order valence-corrected chi connectivity index (χ3v) is 4.95. The van der Waals surface area contributed by atoms with E-state index in [4.69, 9.17) is 9.15 Å². The van der Waals surface area contributed by atoms with Crippen molar-refractivity contribution in [2.45, 2.75) is 46.3 Å². The van der Waals surface area contributed by atoms with E-state index >= 15 is 0 Å². The van der Waals surface area contributed by atoms with Crippen LogP contribution in [-0.2, 0) is 11.3 Å². The molecule has 2 heterocycles. The van der Waals surface area contributed by atoms with Crippen LogP contribution < -0.4 is 0 Å². The van der Waals surface area contributed by atoms with Gasteiger partial charge in [-0.25, -0.2) is 14.8 Å². The van der Waals surface area contributed by atoms with E-state index < -0.39 is 5.60 Å². The highest BCUT2D eigenvalue weighted by Crippen LogP contribution is 2.26. The molecule has 8 nitrogen and oxygen atoms in total. The predicted molar refractivity (Wildman–Crippen MR) is 134 cm³/mol. The Bertz CT molecular complexity index is 1130. The van der Waals surface area contributed by atoms with Crippen LogP contribution in [0.1, 0.15) is 50.3 Å². The molecular formula is C25H29BrN4O4. The Hall–Kier alpha value is -3.38. The van der Waals surface area contributed by atoms with Gasteiger partial charge in [0.25, 0.3) is 0 Å². The molecular weight excluding hydrogens is 500 g/mol. The van der Waals surface area contributed by atoms with Crippen molar-refractivity contribution in [2.75, 3.05) is 11.9 Å². The van der Waals surface area contributed by atoms with Crippen molar-refractivity contribution in [3.63, 3.8) is 0 Å². The van der Waals surface area contributed by atoms with Crippen LogP contribution in [0.2, 0.25) is 0 Å². The smallest absolute Gasteiger partial charge is 0.410 e. The van der Waals surface area contributed by atoms with Gasteiger partial charge in [-0.2, -0.15) is 0 Å². The number of Topliss-reactive ketones (excluding diaryl/α,β-unsaturated/α-hetero) is 1. The molecule has 0 bridgehead atoms. The first-order valence-electron chi connectivity index (χ1n) is 10.7. The lowest BCUT2D eigenvalue weighted by molar-refractivity contribution is 0.0229. The fourth-order valence-corrected chi connectivity index (χ4v) is 3.34. The summed E-state index contributed by atoms with van der Waals surface area (Å²) in [5, 5.41) is 0.257. The number of nitrogens with one attached hydrogen (secondary N) is 1. The summed E-state index contributed by atoms with van der Waals surface area (Å²) in [5.41, 5.74) is 1.38. The highest BCUT2D eigenvalue weighted by atomic mass is 79.9. The summed E-state index contributed by atoms with van der Waals surface area (Å²) >= 11 is 3.19. The number of aromatic nitrogens is 3. The summed E-state index contributed by atoms with van der Waals surface area (Å²) in [4.78, 5) is 37.9. The quantitative estimate of drug-likeness (QED) is 0.228. The standard InChI is InChI=1S/C23H27BrN4O4.C2H2/c1-5-9-28(22(30)32-23(2,3)4)14-20-25-12-17(27-20)21-26-13-19(31-21)16-8-6-7-15(10-16)18(29)11-24;1-2/h6-8,10,12-13H,5,9,11,14H2,1-4H3,(H,25,27);1-2H. The van der Waals surface area contributed by atoms with Crippen LogP contribution in [0.15, 0.2) is 41.1 Å². The number of hydrogen-bond acceptors (Lipinski definition) is 6. The number of imidazole rings is 1. The molecule has 1 amide bonds. The fraction of sp³-hybridized carbons (Fsp3) is 0.360. The van der Waals surface area contributed by atoms with E-state index in [2.05, 4.69) is 43.7 Å². The zero-order valence-corrected chi connectivity index (χ0v) is 21.4. The van der Waals surface area contributed by atoms with Gasteiger partial charge in [0, 0.05) is 17.7 Å². The molecule has 180 valence electrons. The number of terminal acetylenes is 1. The first-order chi connectivity index (χ1) is 16.2. The number of benzene rings is 1. The number of H-pyrrole nitrogens is 1. The average molecular weight is 529 g/mol. The number of rotatable bonds is 8. The van der Waals surface area contributed by atoms with Gasteiger partial charge in [-0.05, 0) is 33.3 Å². The monoisotopic (exact) mass is 528 g/mol. The number of hydrogen-bond donors (Lipinski definition) is 1. The molecule has 3 rings (SSSR count). The molecule has 0 unspecified atom stereocenters. The highest BCUT2D eigenvalue weighted by Gasteiger charge is 2.23. The maximum atomic E-state index is 12.5. The number of nitrogens with zero attached hydrogens (tertiary/aromatic N) is 3. The zero-order valence-electron chi connectivity index (χ0n) is 19.8. The number of alkyl halides is 1. The van der Waals surface area contributed by atoms with Crippen molar-refractivity contribution < 1.29 is 18.7 Å². The lowest BCUT2D eigenvalue weighted by Crippen LogP contribution is -2.37. The Labute approximate surface area is 208 Å². The van der Waals surface area contributed by atoms with Gasteiger partial charge in [0.1, 0.15) is 17.1 Å². The number of oxazole rings is 1. The SMILES string of the molecule is C#C.CCCN(Cc1ncc(-c2ncc(-c3cccc(C(=O)CBr)c3)o2)[nH]1)C(=O)OC(C)(C)C. The maximum absolute atomic E-state index is 12.5. The summed E-state index contributed by atoms with van der Waals surface area (Å²) in [6.45, 7) is 8.35. The molecule has 0 atom stereocenters. The number of amides is 1. The Morgan fingerprint density at radius 2 is 1.94 bits per heavy atom. The lowest BCUT2D eigenvalue weighted by Gasteiger charge is -2.26. The first-order valence-corrected chi connectivity index (χ1v) is 11.8. The largest absolute Gasteiger partial charge is 0.444 e. The van der Waals surface area contributed by atoms with Gasteiger partial charge in [-0.1, -0.05) is 41.1 Å². The van der Waals surface area contributed by atoms with E-state index in [0.29, 0.717) is 35.3 Å². The van der Waals surface area contributed by atoms with E-state index in [-0.39, 0.29) is 23.8 Å². The molecule has 0 saturated carbocycles. The summed E-state index contributed by atoms with van der Waals surface area (Å²) in [5.74, 6) is 1.51. The maximum Gasteiger partial charge on any atom is 0.410 e. The van der Waals surface area contributed by atoms with Gasteiger partial charge in [0.05, 0.1) is 24.3 Å². The Kier molecular flexibility index (Phi) is 9.63. The fourth-order valence-electron chi connectivity index (χ4n) is 3.02. The summed E-state index contributed by atoms with van der Waals surface area (Å²) in [6, 6.07) is 7.20. The van der Waals surface area contributed by atoms with Gasteiger partial charge in [0.15, 0.2) is 11.5 Å². The molecule has 1 N–H and O–H groups in total. The van der Waals surface area contributed by atoms with Crippen molar-refractivity contribution in [1.82, 2.24) is 19.9 Å². The third-order valence-electron chi connectivity index (χ3n) is 4.44. The molecule has 0 saturated heterocycles. The Morgan fingerprint density at radius 1 is 1.21 bits per heavy atom. The Balaban J connectivity index is 0.00000199. The van der Waals surface area contributed by atoms with Crippen molar-refractivity contribution in [3.05, 3.63) is 48.0 Å². The number of halogens is 1. The van der Waals surface area contributed by atoms with E-state index in [0.717, 1.165) is 12.0 Å². The van der Waals surface area contributed by atoms with E-state index in [9.17, 15) is 9.59 Å². The minimum Gasteiger partial charge on any atom is -0.444 e. The number of aromatic amines is 1. The van der Waals surface area contributed by atoms with Crippen LogP contribution in [0.25, 0.3) is 22.9 Å². The van der Waals surface area contributed by atoms with Crippen molar-refractivity contribution >= 4 is 27.8 Å². The third kappa shape index (κ3) is 7.32. The predicted octanol–water partition coefficient (Wildman–Crippen LogP) is 5.71. The molecule has 3 aromatic rings. The first kappa shape index (κ1) is 26.9. The molecule has 0 aliphatic carbocycles. The van der Waals surface area contributed by atoms with E-state index in [1.807, 2.05) is 33.8 Å². The minimum absolute atomic E-state index is 0.00795. The number of carbonyl (C=O) groups excluding carboxylic acids is 2. The van der Waals surface area contributed by atoms with Crippen molar-refractivity contribution in [3.8, 4) is 35.8 Å². The average Bonchev–Trinajstić information content (AvgIpc) is 3.48. The number of carbonyl (C=O) groups is 2. The zero-order chi connectivity index (χ0) is 25.3. The molecule has 0 aliphatic rings.